The maximum Gasteiger partial charge on any atom is 0.305 e. The highest BCUT2D eigenvalue weighted by atomic mass is 16.5. The van der Waals surface area contributed by atoms with Gasteiger partial charge in [-0.2, -0.15) is 0 Å². The van der Waals surface area contributed by atoms with E-state index in [1.165, 1.54) is 7.11 Å². The number of carbonyl (C=O) groups is 1. The van der Waals surface area contributed by atoms with Crippen molar-refractivity contribution in [1.29, 1.82) is 0 Å². The van der Waals surface area contributed by atoms with Gasteiger partial charge in [0.1, 0.15) is 0 Å². The molecule has 3 aromatic rings. The molecular formula is C20H19N3O2. The zero-order valence-corrected chi connectivity index (χ0v) is 14.1. The molecule has 1 fully saturated rings. The van der Waals surface area contributed by atoms with Crippen LogP contribution >= 0.6 is 0 Å². The van der Waals surface area contributed by atoms with Crippen LogP contribution in [0.4, 0.5) is 5.69 Å². The van der Waals surface area contributed by atoms with Crippen LogP contribution in [0.1, 0.15) is 6.42 Å². The van der Waals surface area contributed by atoms with Gasteiger partial charge in [-0.05, 0) is 24.3 Å². The Morgan fingerprint density at radius 2 is 1.96 bits per heavy atom. The average molecular weight is 333 g/mol. The number of anilines is 1. The van der Waals surface area contributed by atoms with Gasteiger partial charge in [-0.3, -0.25) is 14.8 Å². The molecule has 25 heavy (non-hydrogen) atoms. The first kappa shape index (κ1) is 15.6. The summed E-state index contributed by atoms with van der Waals surface area (Å²) in [5, 5.41) is 1.10. The topological polar surface area (TPSA) is 55.3 Å². The zero-order valence-electron chi connectivity index (χ0n) is 14.1. The van der Waals surface area contributed by atoms with Gasteiger partial charge in [0.2, 0.25) is 0 Å². The van der Waals surface area contributed by atoms with Crippen molar-refractivity contribution in [3.63, 3.8) is 0 Å². The number of benzene rings is 1. The van der Waals surface area contributed by atoms with Crippen molar-refractivity contribution in [1.82, 2.24) is 9.97 Å². The largest absolute Gasteiger partial charge is 0.469 e. The number of hydrogen-bond acceptors (Lipinski definition) is 5. The minimum absolute atomic E-state index is 0.136. The van der Waals surface area contributed by atoms with Gasteiger partial charge in [-0.1, -0.05) is 18.2 Å². The smallest absolute Gasteiger partial charge is 0.305 e. The molecule has 1 aromatic carbocycles. The van der Waals surface area contributed by atoms with E-state index >= 15 is 0 Å². The quantitative estimate of drug-likeness (QED) is 0.686. The highest BCUT2D eigenvalue weighted by Crippen LogP contribution is 2.31. The highest BCUT2D eigenvalue weighted by molar-refractivity contribution is 5.93. The number of para-hydroxylation sites is 1. The SMILES string of the molecule is COC(=O)CC1CN(c2ccnc(-c3ccnc4ccccc34)c2)C1. The molecule has 0 bridgehead atoms. The van der Waals surface area contributed by atoms with Gasteiger partial charge in [0.25, 0.3) is 0 Å². The summed E-state index contributed by atoms with van der Waals surface area (Å²) in [4.78, 5) is 22.6. The summed E-state index contributed by atoms with van der Waals surface area (Å²) in [6, 6.07) is 14.2. The zero-order chi connectivity index (χ0) is 17.2. The first-order chi connectivity index (χ1) is 12.2. The number of fused-ring (bicyclic) bond motifs is 1. The van der Waals surface area contributed by atoms with E-state index in [4.69, 9.17) is 4.74 Å². The predicted octanol–water partition coefficient (Wildman–Crippen LogP) is 3.30. The predicted molar refractivity (Wildman–Crippen MR) is 97.3 cm³/mol. The molecule has 0 unspecified atom stereocenters. The van der Waals surface area contributed by atoms with Gasteiger partial charge in [0.15, 0.2) is 0 Å². The third-order valence-electron chi connectivity index (χ3n) is 4.67. The van der Waals surface area contributed by atoms with E-state index in [9.17, 15) is 4.79 Å². The summed E-state index contributed by atoms with van der Waals surface area (Å²) in [6.45, 7) is 1.74. The number of ether oxygens (including phenoxy) is 1. The minimum atomic E-state index is -0.136. The summed E-state index contributed by atoms with van der Waals surface area (Å²) in [5.41, 5.74) is 4.12. The molecule has 4 rings (SSSR count). The second kappa shape index (κ2) is 6.51. The molecule has 1 aliphatic rings. The molecule has 0 spiro atoms. The molecule has 1 saturated heterocycles. The van der Waals surface area contributed by atoms with Crippen molar-refractivity contribution in [3.8, 4) is 11.3 Å². The summed E-state index contributed by atoms with van der Waals surface area (Å²) in [6.07, 6.45) is 4.15. The van der Waals surface area contributed by atoms with E-state index in [-0.39, 0.29) is 5.97 Å². The molecule has 0 aliphatic carbocycles. The van der Waals surface area contributed by atoms with Crippen molar-refractivity contribution >= 4 is 22.6 Å². The van der Waals surface area contributed by atoms with Gasteiger partial charge >= 0.3 is 5.97 Å². The third-order valence-corrected chi connectivity index (χ3v) is 4.67. The van der Waals surface area contributed by atoms with Gasteiger partial charge in [0.05, 0.1) is 24.7 Å². The summed E-state index contributed by atoms with van der Waals surface area (Å²) in [7, 11) is 1.44. The Bertz CT molecular complexity index is 914. The molecule has 5 nitrogen and oxygen atoms in total. The number of hydrogen-bond donors (Lipinski definition) is 0. The first-order valence-electron chi connectivity index (χ1n) is 8.36. The standard InChI is InChI=1S/C20H19N3O2/c1-25-20(24)10-14-12-23(13-14)15-6-8-22-19(11-15)17-7-9-21-18-5-3-2-4-16(17)18/h2-9,11,14H,10,12-13H2,1H3. The van der Waals surface area contributed by atoms with E-state index < -0.39 is 0 Å². The first-order valence-corrected chi connectivity index (χ1v) is 8.36. The monoisotopic (exact) mass is 333 g/mol. The Hall–Kier alpha value is -2.95. The van der Waals surface area contributed by atoms with Crippen LogP contribution in [0.15, 0.2) is 54.9 Å². The fraction of sp³-hybridized carbons (Fsp3) is 0.250. The van der Waals surface area contributed by atoms with E-state index in [1.807, 2.05) is 42.7 Å². The fourth-order valence-electron chi connectivity index (χ4n) is 3.31. The van der Waals surface area contributed by atoms with Crippen LogP contribution in [0.25, 0.3) is 22.2 Å². The maximum atomic E-state index is 11.4. The third kappa shape index (κ3) is 3.05. The van der Waals surface area contributed by atoms with Crippen LogP contribution in [-0.2, 0) is 9.53 Å². The van der Waals surface area contributed by atoms with Crippen LogP contribution in [0.3, 0.4) is 0 Å². The number of rotatable bonds is 4. The molecule has 2 aromatic heterocycles. The Morgan fingerprint density at radius 3 is 2.80 bits per heavy atom. The lowest BCUT2D eigenvalue weighted by Gasteiger charge is -2.40. The lowest BCUT2D eigenvalue weighted by atomic mass is 9.95. The van der Waals surface area contributed by atoms with E-state index in [0.29, 0.717) is 12.3 Å². The second-order valence-corrected chi connectivity index (χ2v) is 6.33. The number of pyridine rings is 2. The molecule has 1 aliphatic heterocycles. The lowest BCUT2D eigenvalue weighted by molar-refractivity contribution is -0.141. The molecule has 0 atom stereocenters. The molecule has 0 amide bonds. The van der Waals surface area contributed by atoms with Crippen LogP contribution in [0, 0.1) is 5.92 Å². The number of aromatic nitrogens is 2. The normalized spacial score (nSPS) is 14.4. The van der Waals surface area contributed by atoms with Crippen molar-refractivity contribution in [2.75, 3.05) is 25.1 Å². The Balaban J connectivity index is 1.57. The minimum Gasteiger partial charge on any atom is -0.469 e. The average Bonchev–Trinajstić information content (AvgIpc) is 2.63. The van der Waals surface area contributed by atoms with E-state index in [2.05, 4.69) is 27.0 Å². The molecule has 5 heteroatoms. The van der Waals surface area contributed by atoms with Crippen LogP contribution < -0.4 is 4.90 Å². The van der Waals surface area contributed by atoms with Crippen LogP contribution in [0.5, 0.6) is 0 Å². The maximum absolute atomic E-state index is 11.4. The second-order valence-electron chi connectivity index (χ2n) is 6.33. The summed E-state index contributed by atoms with van der Waals surface area (Å²) < 4.78 is 4.74. The number of methoxy groups -OCH3 is 1. The molecular weight excluding hydrogens is 314 g/mol. The van der Waals surface area contributed by atoms with Crippen LogP contribution in [0.2, 0.25) is 0 Å². The highest BCUT2D eigenvalue weighted by Gasteiger charge is 2.29. The van der Waals surface area contributed by atoms with Crippen molar-refractivity contribution in [2.24, 2.45) is 5.92 Å². The fourth-order valence-corrected chi connectivity index (χ4v) is 3.31. The molecule has 0 N–H and O–H groups in total. The Kier molecular flexibility index (Phi) is 4.06. The Labute approximate surface area is 146 Å². The molecule has 0 saturated carbocycles. The van der Waals surface area contributed by atoms with Crippen molar-refractivity contribution in [3.05, 3.63) is 54.9 Å². The van der Waals surface area contributed by atoms with Crippen molar-refractivity contribution in [2.45, 2.75) is 6.42 Å². The van der Waals surface area contributed by atoms with Gasteiger partial charge in [-0.25, -0.2) is 0 Å². The molecule has 126 valence electrons. The van der Waals surface area contributed by atoms with Crippen molar-refractivity contribution < 1.29 is 9.53 Å². The molecule has 3 heterocycles. The molecule has 0 radical (unpaired) electrons. The number of nitrogens with zero attached hydrogens (tertiary/aromatic N) is 3. The van der Waals surface area contributed by atoms with E-state index in [1.54, 1.807) is 0 Å². The number of esters is 1. The lowest BCUT2D eigenvalue weighted by Crippen LogP contribution is -2.47. The number of carbonyl (C=O) groups excluding carboxylic acids is 1. The van der Waals surface area contributed by atoms with Gasteiger partial charge < -0.3 is 9.64 Å². The van der Waals surface area contributed by atoms with Gasteiger partial charge in [-0.15, -0.1) is 0 Å². The van der Waals surface area contributed by atoms with Crippen LogP contribution in [-0.4, -0.2) is 36.1 Å². The summed E-state index contributed by atoms with van der Waals surface area (Å²) in [5.74, 6) is 0.231. The van der Waals surface area contributed by atoms with Gasteiger partial charge in [0, 0.05) is 48.0 Å². The van der Waals surface area contributed by atoms with E-state index in [0.717, 1.165) is 40.9 Å². The summed E-state index contributed by atoms with van der Waals surface area (Å²) >= 11 is 0. The Morgan fingerprint density at radius 1 is 1.16 bits per heavy atom.